The molecule has 0 atom stereocenters. The molecule has 3 aromatic carbocycles. The summed E-state index contributed by atoms with van der Waals surface area (Å²) in [6.07, 6.45) is 0. The van der Waals surface area contributed by atoms with Crippen LogP contribution in [0.3, 0.4) is 0 Å². The lowest BCUT2D eigenvalue weighted by Crippen LogP contribution is -2.13. The number of rotatable bonds is 8. The first-order chi connectivity index (χ1) is 13.5. The van der Waals surface area contributed by atoms with E-state index < -0.39 is 0 Å². The van der Waals surface area contributed by atoms with Crippen LogP contribution in [0.5, 0.6) is 11.5 Å². The van der Waals surface area contributed by atoms with Crippen molar-refractivity contribution in [3.63, 3.8) is 0 Å². The second-order valence-corrected chi connectivity index (χ2v) is 7.01. The van der Waals surface area contributed by atoms with Gasteiger partial charge in [-0.15, -0.1) is 0 Å². The molecule has 1 N–H and O–H groups in total. The standard InChI is InChI=1S/C23H23ClFNO2/c1-16-3-5-18(6-4-16)15-28-23-12-21(24)19(11-22(23)27-2)14-26-13-17-7-9-20(25)10-8-17/h3-12,26H,13-15H2,1-2H3. The molecular weight excluding hydrogens is 377 g/mol. The second kappa shape index (κ2) is 9.58. The molecule has 0 aliphatic carbocycles. The van der Waals surface area contributed by atoms with Crippen LogP contribution in [0.4, 0.5) is 4.39 Å². The molecule has 0 aliphatic heterocycles. The van der Waals surface area contributed by atoms with E-state index in [0.717, 1.165) is 16.7 Å². The minimum atomic E-state index is -0.238. The average molecular weight is 400 g/mol. The molecule has 3 nitrogen and oxygen atoms in total. The summed E-state index contributed by atoms with van der Waals surface area (Å²) in [7, 11) is 1.61. The fraction of sp³-hybridized carbons (Fsp3) is 0.217. The molecule has 0 aliphatic rings. The summed E-state index contributed by atoms with van der Waals surface area (Å²) in [4.78, 5) is 0. The van der Waals surface area contributed by atoms with Gasteiger partial charge in [0.1, 0.15) is 12.4 Å². The molecule has 0 saturated heterocycles. The molecule has 28 heavy (non-hydrogen) atoms. The van der Waals surface area contributed by atoms with E-state index in [2.05, 4.69) is 24.4 Å². The molecule has 3 aromatic rings. The van der Waals surface area contributed by atoms with E-state index in [1.165, 1.54) is 17.7 Å². The molecule has 3 rings (SSSR count). The van der Waals surface area contributed by atoms with Crippen molar-refractivity contribution in [1.29, 1.82) is 0 Å². The third-order valence-electron chi connectivity index (χ3n) is 4.41. The van der Waals surface area contributed by atoms with Crippen molar-refractivity contribution in [2.75, 3.05) is 7.11 Å². The van der Waals surface area contributed by atoms with Gasteiger partial charge in [-0.05, 0) is 41.8 Å². The van der Waals surface area contributed by atoms with Gasteiger partial charge in [0.15, 0.2) is 11.5 Å². The molecule has 0 bridgehead atoms. The first kappa shape index (κ1) is 20.2. The van der Waals surface area contributed by atoms with E-state index in [1.807, 2.05) is 18.2 Å². The number of methoxy groups -OCH3 is 1. The maximum absolute atomic E-state index is 13.0. The molecule has 0 aromatic heterocycles. The number of ether oxygens (including phenoxy) is 2. The van der Waals surface area contributed by atoms with Gasteiger partial charge in [0, 0.05) is 24.2 Å². The Morgan fingerprint density at radius 2 is 1.57 bits per heavy atom. The van der Waals surface area contributed by atoms with Gasteiger partial charge in [-0.25, -0.2) is 4.39 Å². The Kier molecular flexibility index (Phi) is 6.90. The molecule has 0 heterocycles. The number of halogens is 2. The quantitative estimate of drug-likeness (QED) is 0.529. The van der Waals surface area contributed by atoms with Crippen LogP contribution in [0.1, 0.15) is 22.3 Å². The smallest absolute Gasteiger partial charge is 0.163 e. The van der Waals surface area contributed by atoms with Crippen LogP contribution in [0.2, 0.25) is 5.02 Å². The molecule has 0 spiro atoms. The third kappa shape index (κ3) is 5.47. The Bertz CT molecular complexity index is 911. The van der Waals surface area contributed by atoms with Crippen LogP contribution in [0.25, 0.3) is 0 Å². The topological polar surface area (TPSA) is 30.5 Å². The predicted octanol–water partition coefficient (Wildman–Crippen LogP) is 5.66. The van der Waals surface area contributed by atoms with Crippen LogP contribution in [0.15, 0.2) is 60.7 Å². The number of hydrogen-bond acceptors (Lipinski definition) is 3. The average Bonchev–Trinajstić information content (AvgIpc) is 2.70. The van der Waals surface area contributed by atoms with Crippen molar-refractivity contribution in [3.8, 4) is 11.5 Å². The van der Waals surface area contributed by atoms with Gasteiger partial charge in [-0.2, -0.15) is 0 Å². The Labute approximate surface area is 170 Å². The summed E-state index contributed by atoms with van der Waals surface area (Å²) in [6, 6.07) is 18.3. The molecule has 0 fully saturated rings. The Morgan fingerprint density at radius 1 is 0.893 bits per heavy atom. The van der Waals surface area contributed by atoms with Crippen LogP contribution in [0, 0.1) is 12.7 Å². The lowest BCUT2D eigenvalue weighted by atomic mass is 10.1. The van der Waals surface area contributed by atoms with Crippen LogP contribution < -0.4 is 14.8 Å². The highest BCUT2D eigenvalue weighted by atomic mass is 35.5. The van der Waals surface area contributed by atoms with E-state index in [0.29, 0.717) is 36.2 Å². The number of aryl methyl sites for hydroxylation is 1. The van der Waals surface area contributed by atoms with Crippen LogP contribution >= 0.6 is 11.6 Å². The number of nitrogens with one attached hydrogen (secondary N) is 1. The largest absolute Gasteiger partial charge is 0.493 e. The van der Waals surface area contributed by atoms with Gasteiger partial charge in [0.25, 0.3) is 0 Å². The van der Waals surface area contributed by atoms with E-state index in [4.69, 9.17) is 21.1 Å². The molecular formula is C23H23ClFNO2. The van der Waals surface area contributed by atoms with Gasteiger partial charge < -0.3 is 14.8 Å². The predicted molar refractivity (Wildman–Crippen MR) is 110 cm³/mol. The van der Waals surface area contributed by atoms with Crippen molar-refractivity contribution < 1.29 is 13.9 Å². The minimum Gasteiger partial charge on any atom is -0.493 e. The molecule has 146 valence electrons. The molecule has 0 saturated carbocycles. The SMILES string of the molecule is COc1cc(CNCc2ccc(F)cc2)c(Cl)cc1OCc1ccc(C)cc1. The van der Waals surface area contributed by atoms with Gasteiger partial charge in [0.05, 0.1) is 7.11 Å². The van der Waals surface area contributed by atoms with E-state index in [1.54, 1.807) is 25.3 Å². The number of hydrogen-bond donors (Lipinski definition) is 1. The highest BCUT2D eigenvalue weighted by molar-refractivity contribution is 6.31. The molecule has 0 amide bonds. The summed E-state index contributed by atoms with van der Waals surface area (Å²) in [5.41, 5.74) is 4.20. The van der Waals surface area contributed by atoms with E-state index >= 15 is 0 Å². The highest BCUT2D eigenvalue weighted by Crippen LogP contribution is 2.34. The zero-order chi connectivity index (χ0) is 19.9. The van der Waals surface area contributed by atoms with Crippen molar-refractivity contribution in [2.45, 2.75) is 26.6 Å². The van der Waals surface area contributed by atoms with Gasteiger partial charge in [-0.1, -0.05) is 53.6 Å². The lowest BCUT2D eigenvalue weighted by molar-refractivity contribution is 0.284. The van der Waals surface area contributed by atoms with Gasteiger partial charge in [0.2, 0.25) is 0 Å². The van der Waals surface area contributed by atoms with Crippen molar-refractivity contribution in [2.24, 2.45) is 0 Å². The summed E-state index contributed by atoms with van der Waals surface area (Å²) < 4.78 is 24.4. The zero-order valence-corrected chi connectivity index (χ0v) is 16.7. The lowest BCUT2D eigenvalue weighted by Gasteiger charge is -2.14. The fourth-order valence-electron chi connectivity index (χ4n) is 2.77. The Morgan fingerprint density at radius 3 is 2.25 bits per heavy atom. The molecule has 0 radical (unpaired) electrons. The van der Waals surface area contributed by atoms with E-state index in [9.17, 15) is 4.39 Å². The second-order valence-electron chi connectivity index (χ2n) is 6.60. The number of benzene rings is 3. The Balaban J connectivity index is 1.63. The monoisotopic (exact) mass is 399 g/mol. The summed E-state index contributed by atoms with van der Waals surface area (Å²) in [5, 5.41) is 3.91. The summed E-state index contributed by atoms with van der Waals surface area (Å²) in [6.45, 7) is 3.67. The molecule has 5 heteroatoms. The van der Waals surface area contributed by atoms with Gasteiger partial charge in [-0.3, -0.25) is 0 Å². The summed E-state index contributed by atoms with van der Waals surface area (Å²) >= 11 is 6.44. The van der Waals surface area contributed by atoms with Gasteiger partial charge >= 0.3 is 0 Å². The highest BCUT2D eigenvalue weighted by Gasteiger charge is 2.11. The van der Waals surface area contributed by atoms with Crippen molar-refractivity contribution >= 4 is 11.6 Å². The fourth-order valence-corrected chi connectivity index (χ4v) is 2.99. The Hall–Kier alpha value is -2.56. The van der Waals surface area contributed by atoms with E-state index in [-0.39, 0.29) is 5.82 Å². The maximum Gasteiger partial charge on any atom is 0.163 e. The zero-order valence-electron chi connectivity index (χ0n) is 16.0. The minimum absolute atomic E-state index is 0.238. The molecule has 0 unspecified atom stereocenters. The first-order valence-electron chi connectivity index (χ1n) is 9.05. The third-order valence-corrected chi connectivity index (χ3v) is 4.76. The normalized spacial score (nSPS) is 10.7. The summed E-state index contributed by atoms with van der Waals surface area (Å²) in [5.74, 6) is 1.00. The van der Waals surface area contributed by atoms with Crippen LogP contribution in [-0.4, -0.2) is 7.11 Å². The van der Waals surface area contributed by atoms with Crippen LogP contribution in [-0.2, 0) is 19.7 Å². The van der Waals surface area contributed by atoms with Crippen molar-refractivity contribution in [1.82, 2.24) is 5.32 Å². The first-order valence-corrected chi connectivity index (χ1v) is 9.43. The van der Waals surface area contributed by atoms with Crippen molar-refractivity contribution in [3.05, 3.63) is 93.8 Å². The maximum atomic E-state index is 13.0.